The molecule has 0 amide bonds. The van der Waals surface area contributed by atoms with E-state index in [1.165, 1.54) is 0 Å². The molecule has 0 unspecified atom stereocenters. The van der Waals surface area contributed by atoms with Gasteiger partial charge < -0.3 is 28.4 Å². The first-order chi connectivity index (χ1) is 21.9. The van der Waals surface area contributed by atoms with E-state index >= 15 is 0 Å². The van der Waals surface area contributed by atoms with Crippen molar-refractivity contribution in [2.24, 2.45) is 0 Å². The quantitative estimate of drug-likeness (QED) is 0.122. The fraction of sp³-hybridized carbons (Fsp3) is 0.184. The molecule has 0 bridgehead atoms. The first-order valence-electron chi connectivity index (χ1n) is 14.4. The van der Waals surface area contributed by atoms with Gasteiger partial charge in [0.15, 0.2) is 28.8 Å². The van der Waals surface area contributed by atoms with Crippen LogP contribution in [0.5, 0.6) is 34.5 Å². The van der Waals surface area contributed by atoms with E-state index in [9.17, 15) is 4.79 Å². The molecule has 45 heavy (non-hydrogen) atoms. The Morgan fingerprint density at radius 1 is 0.489 bits per heavy atom. The van der Waals surface area contributed by atoms with Crippen molar-refractivity contribution in [3.05, 3.63) is 95.6 Å². The first kappa shape index (κ1) is 29.6. The van der Waals surface area contributed by atoms with Gasteiger partial charge in [-0.05, 0) is 111 Å². The summed E-state index contributed by atoms with van der Waals surface area (Å²) in [5, 5.41) is 5.37. The van der Waals surface area contributed by atoms with Gasteiger partial charge in [-0.15, -0.1) is 0 Å². The average Bonchev–Trinajstić information content (AvgIpc) is 3.09. The summed E-state index contributed by atoms with van der Waals surface area (Å²) < 4.78 is 33.8. The molecule has 0 aromatic heterocycles. The molecule has 0 aliphatic rings. The Bertz CT molecular complexity index is 2080. The van der Waals surface area contributed by atoms with Crippen molar-refractivity contribution in [2.45, 2.75) is 6.92 Å². The van der Waals surface area contributed by atoms with Crippen LogP contribution in [0.25, 0.3) is 43.4 Å². The first-order valence-corrected chi connectivity index (χ1v) is 14.4. The summed E-state index contributed by atoms with van der Waals surface area (Å²) in [5.41, 5.74) is 3.74. The van der Waals surface area contributed by atoms with E-state index in [1.54, 1.807) is 66.9 Å². The summed E-state index contributed by atoms with van der Waals surface area (Å²) in [6.07, 6.45) is 0. The van der Waals surface area contributed by atoms with Gasteiger partial charge in [-0.3, -0.25) is 4.79 Å². The molecule has 6 aromatic carbocycles. The minimum absolute atomic E-state index is 0.142. The van der Waals surface area contributed by atoms with Crippen LogP contribution in [0.2, 0.25) is 0 Å². The Kier molecular flexibility index (Phi) is 7.85. The lowest BCUT2D eigenvalue weighted by molar-refractivity contribution is 0.104. The Morgan fingerprint density at radius 3 is 1.44 bits per heavy atom. The number of aryl methyl sites for hydroxylation is 1. The zero-order valence-corrected chi connectivity index (χ0v) is 26.4. The maximum Gasteiger partial charge on any atom is 0.194 e. The predicted octanol–water partition coefficient (Wildman–Crippen LogP) is 8.40. The maximum absolute atomic E-state index is 14.8. The van der Waals surface area contributed by atoms with Crippen LogP contribution in [0.3, 0.4) is 0 Å². The van der Waals surface area contributed by atoms with Gasteiger partial charge in [0.1, 0.15) is 11.5 Å². The van der Waals surface area contributed by atoms with Crippen molar-refractivity contribution >= 4 is 38.1 Å². The van der Waals surface area contributed by atoms with Gasteiger partial charge >= 0.3 is 0 Å². The smallest absolute Gasteiger partial charge is 0.194 e. The van der Waals surface area contributed by atoms with Crippen LogP contribution >= 0.6 is 0 Å². The second kappa shape index (κ2) is 11.9. The van der Waals surface area contributed by atoms with E-state index in [2.05, 4.69) is 13.0 Å². The summed E-state index contributed by atoms with van der Waals surface area (Å²) in [7, 11) is 9.69. The zero-order chi connectivity index (χ0) is 31.8. The maximum atomic E-state index is 14.8. The molecule has 0 spiro atoms. The monoisotopic (exact) mass is 602 g/mol. The van der Waals surface area contributed by atoms with Crippen LogP contribution in [-0.4, -0.2) is 48.4 Å². The van der Waals surface area contributed by atoms with Crippen LogP contribution in [0.4, 0.5) is 0 Å². The minimum atomic E-state index is -0.142. The topological polar surface area (TPSA) is 72.5 Å². The number of carbonyl (C=O) groups is 1. The SMILES string of the molecule is COc1ccc(C(=O)c2c(-c3ccc(OC)cc3)c3c4cc(OC)c(OC)cc4c(C)cc3c3cc(OC)c(OC)cc23)cc1. The molecule has 7 nitrogen and oxygen atoms in total. The van der Waals surface area contributed by atoms with Crippen LogP contribution < -0.4 is 28.4 Å². The van der Waals surface area contributed by atoms with E-state index in [-0.39, 0.29) is 5.78 Å². The third kappa shape index (κ3) is 4.90. The van der Waals surface area contributed by atoms with Gasteiger partial charge in [0.2, 0.25) is 0 Å². The Hall–Kier alpha value is -5.43. The van der Waals surface area contributed by atoms with E-state index in [0.717, 1.165) is 49.0 Å². The lowest BCUT2D eigenvalue weighted by atomic mass is 9.82. The van der Waals surface area contributed by atoms with Gasteiger partial charge in [-0.25, -0.2) is 0 Å². The highest BCUT2D eigenvalue weighted by Crippen LogP contribution is 2.48. The number of hydrogen-bond donors (Lipinski definition) is 0. The van der Waals surface area contributed by atoms with E-state index in [0.29, 0.717) is 45.6 Å². The minimum Gasteiger partial charge on any atom is -0.497 e. The fourth-order valence-electron chi connectivity index (χ4n) is 6.14. The van der Waals surface area contributed by atoms with Gasteiger partial charge in [0, 0.05) is 16.7 Å². The molecular formula is C38H34O7. The number of ether oxygens (including phenoxy) is 6. The molecule has 7 heteroatoms. The number of hydrogen-bond acceptors (Lipinski definition) is 7. The number of fused-ring (bicyclic) bond motifs is 5. The third-order valence-corrected chi connectivity index (χ3v) is 8.39. The van der Waals surface area contributed by atoms with Crippen molar-refractivity contribution in [3.63, 3.8) is 0 Å². The summed E-state index contributed by atoms with van der Waals surface area (Å²) >= 11 is 0. The molecule has 0 radical (unpaired) electrons. The van der Waals surface area contributed by atoms with Crippen molar-refractivity contribution in [1.82, 2.24) is 0 Å². The molecule has 6 rings (SSSR count). The molecule has 228 valence electrons. The second-order valence-corrected chi connectivity index (χ2v) is 10.7. The number of rotatable bonds is 9. The molecule has 0 N–H and O–H groups in total. The van der Waals surface area contributed by atoms with Gasteiger partial charge in [-0.2, -0.15) is 0 Å². The summed E-state index contributed by atoms with van der Waals surface area (Å²) in [6.45, 7) is 2.07. The lowest BCUT2D eigenvalue weighted by Gasteiger charge is -2.22. The van der Waals surface area contributed by atoms with Gasteiger partial charge in [0.05, 0.1) is 42.7 Å². The predicted molar refractivity (Wildman–Crippen MR) is 178 cm³/mol. The molecule has 0 fully saturated rings. The van der Waals surface area contributed by atoms with Crippen molar-refractivity contribution in [1.29, 1.82) is 0 Å². The van der Waals surface area contributed by atoms with E-state index in [1.807, 2.05) is 48.5 Å². The van der Waals surface area contributed by atoms with Gasteiger partial charge in [0.25, 0.3) is 0 Å². The summed E-state index contributed by atoms with van der Waals surface area (Å²) in [6, 6.07) is 24.9. The van der Waals surface area contributed by atoms with Crippen LogP contribution in [-0.2, 0) is 0 Å². The molecule has 0 aliphatic carbocycles. The van der Waals surface area contributed by atoms with Gasteiger partial charge in [-0.1, -0.05) is 18.2 Å². The summed E-state index contributed by atoms with van der Waals surface area (Å²) in [5.74, 6) is 3.55. The Labute approximate surface area is 261 Å². The highest BCUT2D eigenvalue weighted by molar-refractivity contribution is 6.32. The van der Waals surface area contributed by atoms with Crippen molar-refractivity contribution in [3.8, 4) is 45.6 Å². The van der Waals surface area contributed by atoms with Crippen molar-refractivity contribution < 1.29 is 33.2 Å². The number of ketones is 1. The summed E-state index contributed by atoms with van der Waals surface area (Å²) in [4.78, 5) is 14.8. The highest BCUT2D eigenvalue weighted by Gasteiger charge is 2.26. The van der Waals surface area contributed by atoms with Crippen LogP contribution in [0.1, 0.15) is 21.5 Å². The Morgan fingerprint density at radius 2 is 0.933 bits per heavy atom. The normalized spacial score (nSPS) is 11.1. The number of benzene rings is 6. The zero-order valence-electron chi connectivity index (χ0n) is 26.4. The lowest BCUT2D eigenvalue weighted by Crippen LogP contribution is -2.07. The van der Waals surface area contributed by atoms with Crippen LogP contribution in [0.15, 0.2) is 78.9 Å². The standard InChI is InChI=1S/C38H34O7/c1-21-16-28-27-18-32(43-5)34(45-7)20-30(27)37(38(39)23-10-14-25(41-3)15-11-23)35(22-8-12-24(40-2)13-9-22)36(28)29-19-33(44-6)31(42-4)17-26(21)29/h8-20H,1-7H3. The van der Waals surface area contributed by atoms with E-state index < -0.39 is 0 Å². The molecule has 0 saturated carbocycles. The van der Waals surface area contributed by atoms with Crippen molar-refractivity contribution in [2.75, 3.05) is 42.7 Å². The molecule has 6 aromatic rings. The van der Waals surface area contributed by atoms with E-state index in [4.69, 9.17) is 28.4 Å². The average molecular weight is 603 g/mol. The highest BCUT2D eigenvalue weighted by atomic mass is 16.5. The number of carbonyl (C=O) groups excluding carboxylic acids is 1. The second-order valence-electron chi connectivity index (χ2n) is 10.7. The molecule has 0 heterocycles. The fourth-order valence-corrected chi connectivity index (χ4v) is 6.14. The number of methoxy groups -OCH3 is 6. The Balaban J connectivity index is 1.89. The third-order valence-electron chi connectivity index (χ3n) is 8.39. The molecule has 0 aliphatic heterocycles. The molecule has 0 atom stereocenters. The molecular weight excluding hydrogens is 568 g/mol. The van der Waals surface area contributed by atoms with Crippen LogP contribution in [0, 0.1) is 6.92 Å². The largest absolute Gasteiger partial charge is 0.497 e. The molecule has 0 saturated heterocycles.